The standard InChI is InChI=1S/C15H25NOS/c1-6-12(3)14(16-5)10-18(17)15-9-11(2)7-8-13(15)4/h7-9,12,14,16H,6,10H2,1-5H3. The largest absolute Gasteiger partial charge is 0.316 e. The molecule has 0 aliphatic heterocycles. The summed E-state index contributed by atoms with van der Waals surface area (Å²) in [5.41, 5.74) is 2.30. The molecule has 3 heteroatoms. The third-order valence-corrected chi connectivity index (χ3v) is 5.21. The molecule has 1 rings (SSSR count). The van der Waals surface area contributed by atoms with E-state index in [-0.39, 0.29) is 0 Å². The smallest absolute Gasteiger partial charge is 0.0548 e. The Morgan fingerprint density at radius 1 is 1.33 bits per heavy atom. The second kappa shape index (κ2) is 7.05. The van der Waals surface area contributed by atoms with Gasteiger partial charge in [0, 0.05) is 16.7 Å². The molecule has 2 nitrogen and oxygen atoms in total. The van der Waals surface area contributed by atoms with E-state index in [2.05, 4.69) is 37.4 Å². The van der Waals surface area contributed by atoms with Crippen molar-refractivity contribution in [2.45, 2.75) is 45.1 Å². The Labute approximate surface area is 114 Å². The van der Waals surface area contributed by atoms with Gasteiger partial charge in [-0.1, -0.05) is 32.4 Å². The van der Waals surface area contributed by atoms with E-state index in [0.29, 0.717) is 17.7 Å². The van der Waals surface area contributed by atoms with Gasteiger partial charge in [0.05, 0.1) is 10.8 Å². The summed E-state index contributed by atoms with van der Waals surface area (Å²) >= 11 is 0. The Hall–Kier alpha value is -0.670. The molecule has 0 bridgehead atoms. The molecule has 0 saturated carbocycles. The number of rotatable bonds is 6. The van der Waals surface area contributed by atoms with Crippen LogP contribution >= 0.6 is 0 Å². The van der Waals surface area contributed by atoms with Crippen molar-refractivity contribution in [3.63, 3.8) is 0 Å². The third kappa shape index (κ3) is 3.92. The quantitative estimate of drug-likeness (QED) is 0.858. The maximum absolute atomic E-state index is 12.5. The Morgan fingerprint density at radius 2 is 2.00 bits per heavy atom. The molecule has 1 aromatic carbocycles. The number of nitrogens with one attached hydrogen (secondary N) is 1. The number of aryl methyl sites for hydroxylation is 2. The lowest BCUT2D eigenvalue weighted by Gasteiger charge is -2.22. The number of hydrogen-bond acceptors (Lipinski definition) is 2. The highest BCUT2D eigenvalue weighted by molar-refractivity contribution is 7.85. The summed E-state index contributed by atoms with van der Waals surface area (Å²) in [6.07, 6.45) is 1.11. The summed E-state index contributed by atoms with van der Waals surface area (Å²) in [6, 6.07) is 6.49. The van der Waals surface area contributed by atoms with Crippen molar-refractivity contribution in [3.05, 3.63) is 29.3 Å². The van der Waals surface area contributed by atoms with Crippen LogP contribution in [0.5, 0.6) is 0 Å². The molecule has 1 aromatic rings. The first kappa shape index (κ1) is 15.4. The lowest BCUT2D eigenvalue weighted by molar-refractivity contribution is 0.418. The number of hydrogen-bond donors (Lipinski definition) is 1. The van der Waals surface area contributed by atoms with E-state index in [9.17, 15) is 4.21 Å². The van der Waals surface area contributed by atoms with Gasteiger partial charge < -0.3 is 5.32 Å². The van der Waals surface area contributed by atoms with Gasteiger partial charge in [-0.15, -0.1) is 0 Å². The van der Waals surface area contributed by atoms with Crippen LogP contribution in [0.25, 0.3) is 0 Å². The van der Waals surface area contributed by atoms with Crippen molar-refractivity contribution < 1.29 is 4.21 Å². The van der Waals surface area contributed by atoms with Crippen LogP contribution in [-0.2, 0) is 10.8 Å². The molecule has 0 heterocycles. The van der Waals surface area contributed by atoms with Crippen molar-refractivity contribution >= 4 is 10.8 Å². The van der Waals surface area contributed by atoms with Gasteiger partial charge in [-0.3, -0.25) is 4.21 Å². The minimum Gasteiger partial charge on any atom is -0.316 e. The van der Waals surface area contributed by atoms with E-state index in [4.69, 9.17) is 0 Å². The van der Waals surface area contributed by atoms with Crippen LogP contribution in [0.2, 0.25) is 0 Å². The molecule has 0 amide bonds. The normalized spacial score (nSPS) is 16.3. The Morgan fingerprint density at radius 3 is 2.56 bits per heavy atom. The van der Waals surface area contributed by atoms with Crippen molar-refractivity contribution in [1.82, 2.24) is 5.32 Å². The monoisotopic (exact) mass is 267 g/mol. The number of benzene rings is 1. The van der Waals surface area contributed by atoms with E-state index in [1.54, 1.807) is 0 Å². The molecule has 0 aliphatic rings. The van der Waals surface area contributed by atoms with Crippen molar-refractivity contribution in [3.8, 4) is 0 Å². The molecule has 102 valence electrons. The van der Waals surface area contributed by atoms with E-state index >= 15 is 0 Å². The van der Waals surface area contributed by atoms with Crippen LogP contribution in [0.4, 0.5) is 0 Å². The molecule has 0 aromatic heterocycles. The lowest BCUT2D eigenvalue weighted by Crippen LogP contribution is -2.36. The molecule has 3 unspecified atom stereocenters. The minimum absolute atomic E-state index is 0.316. The van der Waals surface area contributed by atoms with Crippen molar-refractivity contribution in [2.75, 3.05) is 12.8 Å². The fourth-order valence-corrected chi connectivity index (χ4v) is 3.77. The van der Waals surface area contributed by atoms with Gasteiger partial charge >= 0.3 is 0 Å². The Kier molecular flexibility index (Phi) is 6.03. The summed E-state index contributed by atoms with van der Waals surface area (Å²) in [5, 5.41) is 3.29. The van der Waals surface area contributed by atoms with Crippen molar-refractivity contribution in [1.29, 1.82) is 0 Å². The fourth-order valence-electron chi connectivity index (χ4n) is 2.02. The summed E-state index contributed by atoms with van der Waals surface area (Å²) in [4.78, 5) is 0.985. The summed E-state index contributed by atoms with van der Waals surface area (Å²) < 4.78 is 12.5. The Balaban J connectivity index is 2.84. The van der Waals surface area contributed by atoms with E-state index in [0.717, 1.165) is 16.9 Å². The van der Waals surface area contributed by atoms with Crippen LogP contribution in [0.15, 0.2) is 23.1 Å². The van der Waals surface area contributed by atoms with Gasteiger partial charge in [0.1, 0.15) is 0 Å². The first-order chi connectivity index (χ1) is 8.49. The summed E-state index contributed by atoms with van der Waals surface area (Å²) in [6.45, 7) is 8.46. The van der Waals surface area contributed by atoms with Crippen molar-refractivity contribution in [2.24, 2.45) is 5.92 Å². The molecule has 0 radical (unpaired) electrons. The Bertz CT molecular complexity index is 417. The van der Waals surface area contributed by atoms with Gasteiger partial charge in [-0.2, -0.15) is 0 Å². The first-order valence-corrected chi connectivity index (χ1v) is 7.94. The molecule has 1 N–H and O–H groups in total. The zero-order chi connectivity index (χ0) is 13.7. The lowest BCUT2D eigenvalue weighted by atomic mass is 10.0. The van der Waals surface area contributed by atoms with E-state index < -0.39 is 10.8 Å². The average molecular weight is 267 g/mol. The summed E-state index contributed by atoms with van der Waals surface area (Å²) in [7, 11) is 1.04. The van der Waals surface area contributed by atoms with Crippen LogP contribution < -0.4 is 5.32 Å². The van der Waals surface area contributed by atoms with Gasteiger partial charge in [-0.05, 0) is 44.0 Å². The predicted octanol–water partition coefficient (Wildman–Crippen LogP) is 3.05. The topological polar surface area (TPSA) is 29.1 Å². The minimum atomic E-state index is -0.920. The molecule has 3 atom stereocenters. The SMILES string of the molecule is CCC(C)C(CS(=O)c1cc(C)ccc1C)NC. The van der Waals surface area contributed by atoms with Gasteiger partial charge in [0.2, 0.25) is 0 Å². The van der Waals surface area contributed by atoms with E-state index in [1.165, 1.54) is 5.56 Å². The van der Waals surface area contributed by atoms with Gasteiger partial charge in [0.15, 0.2) is 0 Å². The highest BCUT2D eigenvalue weighted by atomic mass is 32.2. The molecular formula is C15H25NOS. The summed E-state index contributed by atoms with van der Waals surface area (Å²) in [5.74, 6) is 1.24. The van der Waals surface area contributed by atoms with Crippen LogP contribution in [-0.4, -0.2) is 23.1 Å². The second-order valence-electron chi connectivity index (χ2n) is 5.06. The van der Waals surface area contributed by atoms with Crippen LogP contribution in [0.3, 0.4) is 0 Å². The second-order valence-corrected chi connectivity index (χ2v) is 6.53. The zero-order valence-corrected chi connectivity index (χ0v) is 12.9. The maximum Gasteiger partial charge on any atom is 0.0548 e. The molecule has 0 spiro atoms. The highest BCUT2D eigenvalue weighted by Crippen LogP contribution is 2.18. The average Bonchev–Trinajstić information content (AvgIpc) is 2.37. The van der Waals surface area contributed by atoms with Gasteiger partial charge in [0.25, 0.3) is 0 Å². The zero-order valence-electron chi connectivity index (χ0n) is 12.1. The predicted molar refractivity (Wildman–Crippen MR) is 79.5 cm³/mol. The van der Waals surface area contributed by atoms with Crippen LogP contribution in [0.1, 0.15) is 31.4 Å². The molecule has 0 fully saturated rings. The molecule has 18 heavy (non-hydrogen) atoms. The molecule has 0 aliphatic carbocycles. The molecular weight excluding hydrogens is 242 g/mol. The molecule has 0 saturated heterocycles. The third-order valence-electron chi connectivity index (χ3n) is 3.62. The van der Waals surface area contributed by atoms with Gasteiger partial charge in [-0.25, -0.2) is 0 Å². The van der Waals surface area contributed by atoms with E-state index in [1.807, 2.05) is 20.9 Å². The fraction of sp³-hybridized carbons (Fsp3) is 0.600. The maximum atomic E-state index is 12.5. The highest BCUT2D eigenvalue weighted by Gasteiger charge is 2.18. The first-order valence-electron chi connectivity index (χ1n) is 6.62. The van der Waals surface area contributed by atoms with Crippen LogP contribution in [0, 0.1) is 19.8 Å².